The molecule has 2 aromatic carbocycles. The second kappa shape index (κ2) is 8.45. The van der Waals surface area contributed by atoms with Crippen molar-refractivity contribution in [2.24, 2.45) is 5.41 Å². The van der Waals surface area contributed by atoms with Crippen LogP contribution in [0, 0.1) is 5.41 Å². The highest BCUT2D eigenvalue weighted by Gasteiger charge is 2.55. The first-order chi connectivity index (χ1) is 14.8. The van der Waals surface area contributed by atoms with Crippen molar-refractivity contribution in [1.29, 1.82) is 0 Å². The molecule has 0 radical (unpaired) electrons. The molecule has 0 aliphatic carbocycles. The molecule has 1 saturated heterocycles. The van der Waals surface area contributed by atoms with E-state index in [1.807, 2.05) is 36.4 Å². The van der Waals surface area contributed by atoms with Crippen molar-refractivity contribution in [2.45, 2.75) is 38.9 Å². The molecule has 0 bridgehead atoms. The lowest BCUT2D eigenvalue weighted by molar-refractivity contribution is -0.127. The first-order valence-corrected chi connectivity index (χ1v) is 11.0. The van der Waals surface area contributed by atoms with E-state index in [1.165, 1.54) is 5.56 Å². The van der Waals surface area contributed by atoms with E-state index in [4.69, 9.17) is 4.74 Å². The first-order valence-electron chi connectivity index (χ1n) is 11.0. The summed E-state index contributed by atoms with van der Waals surface area (Å²) >= 11 is 0. The maximum absolute atomic E-state index is 12.3. The molecular weight excluding hydrogens is 384 g/mol. The summed E-state index contributed by atoms with van der Waals surface area (Å²) in [4.78, 5) is 6.66. The highest BCUT2D eigenvalue weighted by atomic mass is 16.5. The quantitative estimate of drug-likeness (QED) is 0.591. The second-order valence-electron chi connectivity index (χ2n) is 9.40. The fourth-order valence-corrected chi connectivity index (χ4v) is 4.78. The third-order valence-electron chi connectivity index (χ3n) is 6.49. The van der Waals surface area contributed by atoms with Crippen LogP contribution in [0.2, 0.25) is 0 Å². The van der Waals surface area contributed by atoms with Crippen LogP contribution in [0.4, 0.5) is 0 Å². The Morgan fingerprint density at radius 3 is 2.32 bits per heavy atom. The lowest BCUT2D eigenvalue weighted by atomic mass is 9.62. The summed E-state index contributed by atoms with van der Waals surface area (Å²) in [7, 11) is 2.08. The fourth-order valence-electron chi connectivity index (χ4n) is 4.78. The molecule has 4 nitrogen and oxygen atoms in total. The SMILES string of the molecule is CC(C)c1ccc(C(O)(c2cncc(OCc3ccccc3)c2)C2(C)CN(C)C2)cc1. The topological polar surface area (TPSA) is 45.6 Å². The van der Waals surface area contributed by atoms with Gasteiger partial charge in [0.25, 0.3) is 0 Å². The number of rotatable bonds is 7. The zero-order valence-electron chi connectivity index (χ0n) is 18.9. The van der Waals surface area contributed by atoms with Crippen molar-refractivity contribution < 1.29 is 9.84 Å². The Bertz CT molecular complexity index is 1010. The molecule has 2 heterocycles. The van der Waals surface area contributed by atoms with Crippen molar-refractivity contribution in [3.8, 4) is 5.75 Å². The Hall–Kier alpha value is -2.69. The van der Waals surface area contributed by atoms with Gasteiger partial charge in [-0.2, -0.15) is 0 Å². The minimum atomic E-state index is -1.16. The van der Waals surface area contributed by atoms with Gasteiger partial charge >= 0.3 is 0 Å². The Morgan fingerprint density at radius 2 is 1.71 bits per heavy atom. The molecule has 3 aromatic rings. The molecule has 1 N–H and O–H groups in total. The molecule has 4 heteroatoms. The number of aliphatic hydroxyl groups is 1. The summed E-state index contributed by atoms with van der Waals surface area (Å²) in [6, 6.07) is 20.4. The summed E-state index contributed by atoms with van der Waals surface area (Å²) in [5, 5.41) is 12.3. The molecule has 0 spiro atoms. The number of likely N-dealkylation sites (tertiary alicyclic amines) is 1. The second-order valence-corrected chi connectivity index (χ2v) is 9.40. The third kappa shape index (κ3) is 4.10. The normalized spacial score (nSPS) is 17.7. The predicted octanol–water partition coefficient (Wildman–Crippen LogP) is 4.97. The number of pyridine rings is 1. The number of hydrogen-bond donors (Lipinski definition) is 1. The lowest BCUT2D eigenvalue weighted by Gasteiger charge is -2.55. The lowest BCUT2D eigenvalue weighted by Crippen LogP contribution is -2.63. The summed E-state index contributed by atoms with van der Waals surface area (Å²) in [5.41, 5.74) is 2.55. The van der Waals surface area contributed by atoms with Crippen molar-refractivity contribution >= 4 is 0 Å². The van der Waals surface area contributed by atoms with E-state index in [0.29, 0.717) is 18.3 Å². The average Bonchev–Trinajstić information content (AvgIpc) is 2.77. The molecule has 1 aliphatic rings. The molecule has 1 unspecified atom stereocenters. The van der Waals surface area contributed by atoms with Crippen LogP contribution in [0.15, 0.2) is 73.1 Å². The molecule has 4 rings (SSSR count). The Morgan fingerprint density at radius 1 is 1.03 bits per heavy atom. The van der Waals surface area contributed by atoms with Crippen LogP contribution in [0.5, 0.6) is 5.75 Å². The molecule has 0 amide bonds. The van der Waals surface area contributed by atoms with Crippen molar-refractivity contribution in [2.75, 3.05) is 20.1 Å². The molecule has 1 aromatic heterocycles. The van der Waals surface area contributed by atoms with Gasteiger partial charge in [-0.3, -0.25) is 4.98 Å². The molecule has 0 saturated carbocycles. The van der Waals surface area contributed by atoms with Crippen LogP contribution in [-0.2, 0) is 12.2 Å². The van der Waals surface area contributed by atoms with Crippen LogP contribution in [0.25, 0.3) is 0 Å². The maximum atomic E-state index is 12.3. The van der Waals surface area contributed by atoms with Gasteiger partial charge in [0.15, 0.2) is 0 Å². The number of hydrogen-bond acceptors (Lipinski definition) is 4. The van der Waals surface area contributed by atoms with Crippen LogP contribution in [0.1, 0.15) is 48.9 Å². The number of nitrogens with zero attached hydrogens (tertiary/aromatic N) is 2. The monoisotopic (exact) mass is 416 g/mol. The highest BCUT2D eigenvalue weighted by molar-refractivity contribution is 5.43. The van der Waals surface area contributed by atoms with Gasteiger partial charge in [0.2, 0.25) is 0 Å². The van der Waals surface area contributed by atoms with Gasteiger partial charge in [0, 0.05) is 30.3 Å². The van der Waals surface area contributed by atoms with E-state index >= 15 is 0 Å². The third-order valence-corrected chi connectivity index (χ3v) is 6.49. The highest BCUT2D eigenvalue weighted by Crippen LogP contribution is 2.50. The Labute approximate surface area is 185 Å². The molecule has 1 fully saturated rings. The largest absolute Gasteiger partial charge is 0.487 e. The predicted molar refractivity (Wildman–Crippen MR) is 124 cm³/mol. The van der Waals surface area contributed by atoms with Crippen molar-refractivity contribution in [3.05, 3.63) is 95.3 Å². The average molecular weight is 417 g/mol. The van der Waals surface area contributed by atoms with Crippen LogP contribution < -0.4 is 4.74 Å². The Balaban J connectivity index is 1.69. The summed E-state index contributed by atoms with van der Waals surface area (Å²) in [6.07, 6.45) is 3.49. The van der Waals surface area contributed by atoms with Gasteiger partial charge < -0.3 is 14.7 Å². The van der Waals surface area contributed by atoms with Gasteiger partial charge in [-0.25, -0.2) is 0 Å². The molecule has 162 valence electrons. The smallest absolute Gasteiger partial charge is 0.138 e. The molecule has 1 atom stereocenters. The van der Waals surface area contributed by atoms with E-state index < -0.39 is 5.60 Å². The number of benzene rings is 2. The van der Waals surface area contributed by atoms with Crippen molar-refractivity contribution in [3.63, 3.8) is 0 Å². The fraction of sp³-hybridized carbons (Fsp3) is 0.370. The molecular formula is C27H32N2O2. The van der Waals surface area contributed by atoms with E-state index in [9.17, 15) is 5.11 Å². The minimum absolute atomic E-state index is 0.319. The molecule has 31 heavy (non-hydrogen) atoms. The minimum Gasteiger partial charge on any atom is -0.487 e. The number of aromatic nitrogens is 1. The first kappa shape index (κ1) is 21.5. The van der Waals surface area contributed by atoms with E-state index in [0.717, 1.165) is 29.8 Å². The van der Waals surface area contributed by atoms with E-state index in [2.05, 4.69) is 62.0 Å². The number of ether oxygens (including phenoxy) is 1. The van der Waals surface area contributed by atoms with Gasteiger partial charge in [-0.1, -0.05) is 75.4 Å². The van der Waals surface area contributed by atoms with Gasteiger partial charge in [-0.15, -0.1) is 0 Å². The van der Waals surface area contributed by atoms with E-state index in [1.54, 1.807) is 12.4 Å². The summed E-state index contributed by atoms with van der Waals surface area (Å²) < 4.78 is 6.02. The van der Waals surface area contributed by atoms with Gasteiger partial charge in [-0.05, 0) is 35.7 Å². The van der Waals surface area contributed by atoms with Crippen LogP contribution >= 0.6 is 0 Å². The van der Waals surface area contributed by atoms with Crippen LogP contribution in [-0.4, -0.2) is 35.1 Å². The van der Waals surface area contributed by atoms with E-state index in [-0.39, 0.29) is 5.41 Å². The van der Waals surface area contributed by atoms with Gasteiger partial charge in [0.1, 0.15) is 18.0 Å². The Kier molecular flexibility index (Phi) is 5.87. The standard InChI is InChI=1S/C27H32N2O2/c1-20(2)22-10-12-23(13-11-22)27(30,26(3)18-29(4)19-26)24-14-25(16-28-15-24)31-17-21-8-6-5-7-9-21/h5-16,20,30H,17-19H2,1-4H3. The van der Waals surface area contributed by atoms with Gasteiger partial charge in [0.05, 0.1) is 6.20 Å². The summed E-state index contributed by atoms with van der Waals surface area (Å²) in [5.74, 6) is 1.11. The van der Waals surface area contributed by atoms with Crippen molar-refractivity contribution in [1.82, 2.24) is 9.88 Å². The maximum Gasteiger partial charge on any atom is 0.138 e. The zero-order valence-corrected chi connectivity index (χ0v) is 18.9. The zero-order chi connectivity index (χ0) is 22.1. The van der Waals surface area contributed by atoms with Crippen LogP contribution in [0.3, 0.4) is 0 Å². The molecule has 1 aliphatic heterocycles. The summed E-state index contributed by atoms with van der Waals surface area (Å²) in [6.45, 7) is 8.60.